The molecule has 0 atom stereocenters. The highest BCUT2D eigenvalue weighted by atomic mass is 15.2. The first kappa shape index (κ1) is 8.53. The van der Waals surface area contributed by atoms with Crippen molar-refractivity contribution in [3.05, 3.63) is 42.7 Å². The minimum atomic E-state index is 0.665. The molecular formula is C12H13N3. The van der Waals surface area contributed by atoms with Gasteiger partial charge in [0.15, 0.2) is 0 Å². The molecule has 0 aliphatic heterocycles. The van der Waals surface area contributed by atoms with Crippen LogP contribution in [0.1, 0.15) is 18.9 Å². The molecule has 1 aliphatic carbocycles. The normalized spacial score (nSPS) is 15.2. The van der Waals surface area contributed by atoms with Crippen LogP contribution in [-0.4, -0.2) is 9.55 Å². The minimum absolute atomic E-state index is 0.665. The molecule has 3 heteroatoms. The number of nitrogens with one attached hydrogen (secondary N) is 1. The maximum Gasteiger partial charge on any atom is 0.207 e. The lowest BCUT2D eigenvalue weighted by atomic mass is 10.3. The Hall–Kier alpha value is -1.77. The second-order valence-electron chi connectivity index (χ2n) is 3.88. The average molecular weight is 199 g/mol. The molecule has 15 heavy (non-hydrogen) atoms. The Labute approximate surface area is 88.8 Å². The number of rotatable bonds is 3. The molecule has 0 amide bonds. The molecule has 0 saturated heterocycles. The highest BCUT2D eigenvalue weighted by Crippen LogP contribution is 2.37. The Balaban J connectivity index is 1.84. The van der Waals surface area contributed by atoms with Crippen LogP contribution in [0.3, 0.4) is 0 Å². The van der Waals surface area contributed by atoms with E-state index in [0.29, 0.717) is 6.04 Å². The van der Waals surface area contributed by atoms with Gasteiger partial charge < -0.3 is 9.88 Å². The summed E-state index contributed by atoms with van der Waals surface area (Å²) in [4.78, 5) is 4.32. The number of aromatic nitrogens is 2. The smallest absolute Gasteiger partial charge is 0.207 e. The van der Waals surface area contributed by atoms with Gasteiger partial charge in [0.25, 0.3) is 0 Å². The lowest BCUT2D eigenvalue weighted by Crippen LogP contribution is -2.00. The van der Waals surface area contributed by atoms with Crippen LogP contribution in [0.15, 0.2) is 42.7 Å². The second-order valence-corrected chi connectivity index (χ2v) is 3.88. The number of hydrogen-bond acceptors (Lipinski definition) is 2. The molecule has 3 rings (SSSR count). The monoisotopic (exact) mass is 199 g/mol. The first-order valence-corrected chi connectivity index (χ1v) is 5.28. The Morgan fingerprint density at radius 1 is 1.20 bits per heavy atom. The van der Waals surface area contributed by atoms with E-state index in [-0.39, 0.29) is 0 Å². The predicted octanol–water partition coefficient (Wildman–Crippen LogP) is 2.96. The van der Waals surface area contributed by atoms with Gasteiger partial charge in [-0.25, -0.2) is 4.98 Å². The third-order valence-corrected chi connectivity index (χ3v) is 2.64. The quantitative estimate of drug-likeness (QED) is 0.823. The number of imidazole rings is 1. The van der Waals surface area contributed by atoms with Crippen LogP contribution in [0.5, 0.6) is 0 Å². The highest BCUT2D eigenvalue weighted by molar-refractivity contribution is 5.53. The minimum Gasteiger partial charge on any atom is -0.326 e. The molecule has 0 spiro atoms. The van der Waals surface area contributed by atoms with Crippen molar-refractivity contribution < 1.29 is 0 Å². The SMILES string of the molecule is c1ccc(Nc2nccn2C2CC2)cc1. The molecule has 1 saturated carbocycles. The Kier molecular flexibility index (Phi) is 1.95. The van der Waals surface area contributed by atoms with Gasteiger partial charge in [-0.05, 0) is 25.0 Å². The van der Waals surface area contributed by atoms with E-state index in [1.54, 1.807) is 0 Å². The van der Waals surface area contributed by atoms with E-state index >= 15 is 0 Å². The van der Waals surface area contributed by atoms with Gasteiger partial charge in [0.1, 0.15) is 0 Å². The van der Waals surface area contributed by atoms with E-state index in [9.17, 15) is 0 Å². The molecule has 0 bridgehead atoms. The van der Waals surface area contributed by atoms with Gasteiger partial charge in [-0.3, -0.25) is 0 Å². The molecule has 3 nitrogen and oxygen atoms in total. The van der Waals surface area contributed by atoms with Crippen molar-refractivity contribution in [2.24, 2.45) is 0 Å². The molecule has 76 valence electrons. The van der Waals surface area contributed by atoms with Crippen molar-refractivity contribution in [2.45, 2.75) is 18.9 Å². The van der Waals surface area contributed by atoms with E-state index < -0.39 is 0 Å². The summed E-state index contributed by atoms with van der Waals surface area (Å²) in [5, 5.41) is 3.33. The topological polar surface area (TPSA) is 29.9 Å². The molecule has 1 N–H and O–H groups in total. The summed E-state index contributed by atoms with van der Waals surface area (Å²) < 4.78 is 2.22. The van der Waals surface area contributed by atoms with E-state index in [1.807, 2.05) is 42.7 Å². The second kappa shape index (κ2) is 3.42. The molecule has 0 radical (unpaired) electrons. The lowest BCUT2D eigenvalue weighted by Gasteiger charge is -2.08. The zero-order valence-electron chi connectivity index (χ0n) is 8.43. The fourth-order valence-corrected chi connectivity index (χ4v) is 1.71. The summed E-state index contributed by atoms with van der Waals surface area (Å²) in [6.07, 6.45) is 6.45. The van der Waals surface area contributed by atoms with E-state index in [4.69, 9.17) is 0 Å². The van der Waals surface area contributed by atoms with Crippen LogP contribution in [0.2, 0.25) is 0 Å². The van der Waals surface area contributed by atoms with Crippen LogP contribution in [0, 0.1) is 0 Å². The fourth-order valence-electron chi connectivity index (χ4n) is 1.71. The van der Waals surface area contributed by atoms with E-state index in [0.717, 1.165) is 11.6 Å². The summed E-state index contributed by atoms with van der Waals surface area (Å²) in [6, 6.07) is 10.8. The first-order chi connectivity index (χ1) is 7.43. The van der Waals surface area contributed by atoms with Crippen molar-refractivity contribution in [3.63, 3.8) is 0 Å². The molecule has 1 fully saturated rings. The molecule has 1 aromatic heterocycles. The van der Waals surface area contributed by atoms with Crippen LogP contribution in [-0.2, 0) is 0 Å². The molecule has 0 unspecified atom stereocenters. The molecule has 1 aromatic carbocycles. The van der Waals surface area contributed by atoms with Crippen molar-refractivity contribution >= 4 is 11.6 Å². The number of para-hydroxylation sites is 1. The van der Waals surface area contributed by atoms with Gasteiger partial charge in [0, 0.05) is 24.1 Å². The zero-order valence-corrected chi connectivity index (χ0v) is 8.43. The Bertz CT molecular complexity index is 443. The lowest BCUT2D eigenvalue weighted by molar-refractivity contribution is 0.751. The summed E-state index contributed by atoms with van der Waals surface area (Å²) in [6.45, 7) is 0. The molecule has 1 aliphatic rings. The third-order valence-electron chi connectivity index (χ3n) is 2.64. The van der Waals surface area contributed by atoms with Crippen molar-refractivity contribution in [1.29, 1.82) is 0 Å². The summed E-state index contributed by atoms with van der Waals surface area (Å²) in [7, 11) is 0. The average Bonchev–Trinajstić information content (AvgIpc) is 3.02. The van der Waals surface area contributed by atoms with Gasteiger partial charge in [-0.1, -0.05) is 18.2 Å². The van der Waals surface area contributed by atoms with Crippen molar-refractivity contribution in [3.8, 4) is 0 Å². The molecule has 2 aromatic rings. The summed E-state index contributed by atoms with van der Waals surface area (Å²) in [5.74, 6) is 0.948. The van der Waals surface area contributed by atoms with E-state index in [1.165, 1.54) is 12.8 Å². The van der Waals surface area contributed by atoms with Gasteiger partial charge in [-0.15, -0.1) is 0 Å². The Morgan fingerprint density at radius 3 is 2.73 bits per heavy atom. The summed E-state index contributed by atoms with van der Waals surface area (Å²) >= 11 is 0. The van der Waals surface area contributed by atoms with Crippen LogP contribution >= 0.6 is 0 Å². The van der Waals surface area contributed by atoms with Gasteiger partial charge in [-0.2, -0.15) is 0 Å². The third kappa shape index (κ3) is 1.73. The van der Waals surface area contributed by atoms with Crippen molar-refractivity contribution in [1.82, 2.24) is 9.55 Å². The van der Waals surface area contributed by atoms with Crippen LogP contribution in [0.25, 0.3) is 0 Å². The van der Waals surface area contributed by atoms with Crippen molar-refractivity contribution in [2.75, 3.05) is 5.32 Å². The van der Waals surface area contributed by atoms with Crippen LogP contribution < -0.4 is 5.32 Å². The molecule has 1 heterocycles. The highest BCUT2D eigenvalue weighted by Gasteiger charge is 2.25. The standard InChI is InChI=1S/C12H13N3/c1-2-4-10(5-3-1)14-12-13-8-9-15(12)11-6-7-11/h1-5,8-9,11H,6-7H2,(H,13,14). The zero-order chi connectivity index (χ0) is 10.1. The number of anilines is 2. The van der Waals surface area contributed by atoms with Gasteiger partial charge in [0.2, 0.25) is 5.95 Å². The largest absolute Gasteiger partial charge is 0.326 e. The number of hydrogen-bond donors (Lipinski definition) is 1. The van der Waals surface area contributed by atoms with Gasteiger partial charge in [0.05, 0.1) is 0 Å². The maximum atomic E-state index is 4.32. The molecular weight excluding hydrogens is 186 g/mol. The number of benzene rings is 1. The van der Waals surface area contributed by atoms with Gasteiger partial charge >= 0.3 is 0 Å². The Morgan fingerprint density at radius 2 is 2.00 bits per heavy atom. The summed E-state index contributed by atoms with van der Waals surface area (Å²) in [5.41, 5.74) is 1.09. The van der Waals surface area contributed by atoms with Crippen LogP contribution in [0.4, 0.5) is 11.6 Å². The maximum absolute atomic E-state index is 4.32. The van der Waals surface area contributed by atoms with E-state index in [2.05, 4.69) is 14.9 Å². The fraction of sp³-hybridized carbons (Fsp3) is 0.250. The first-order valence-electron chi connectivity index (χ1n) is 5.28. The number of nitrogens with zero attached hydrogens (tertiary/aromatic N) is 2. The predicted molar refractivity (Wildman–Crippen MR) is 60.2 cm³/mol.